The Hall–Kier alpha value is -1.77. The second-order valence-electron chi connectivity index (χ2n) is 5.62. The average molecular weight is 378 g/mol. The first kappa shape index (κ1) is 21.3. The van der Waals surface area contributed by atoms with Gasteiger partial charge in [-0.05, 0) is 30.9 Å². The third-order valence-electron chi connectivity index (χ3n) is 3.98. The van der Waals surface area contributed by atoms with E-state index < -0.39 is 29.1 Å². The number of hydrogen-bond donors (Lipinski definition) is 3. The predicted octanol–water partition coefficient (Wildman–Crippen LogP) is 0.986. The van der Waals surface area contributed by atoms with Crippen molar-refractivity contribution in [1.29, 1.82) is 0 Å². The average Bonchev–Trinajstić information content (AvgIpc) is 2.58. The van der Waals surface area contributed by atoms with Gasteiger partial charge < -0.3 is 21.1 Å². The van der Waals surface area contributed by atoms with E-state index in [-0.39, 0.29) is 37.3 Å². The smallest absolute Gasteiger partial charge is 0.257 e. The summed E-state index contributed by atoms with van der Waals surface area (Å²) in [6, 6.07) is 2.56. The van der Waals surface area contributed by atoms with Crippen LogP contribution in [0.25, 0.3) is 0 Å². The minimum atomic E-state index is -0.932. The normalized spacial score (nSPS) is 15.8. The van der Waals surface area contributed by atoms with Crippen LogP contribution in [0.15, 0.2) is 18.2 Å². The van der Waals surface area contributed by atoms with Crippen LogP contribution in [0.2, 0.25) is 0 Å². The summed E-state index contributed by atoms with van der Waals surface area (Å²) in [5.41, 5.74) is 5.27. The Morgan fingerprint density at radius 2 is 1.72 bits per heavy atom. The predicted molar refractivity (Wildman–Crippen MR) is 90.5 cm³/mol. The standard InChI is InChI=1S/C16H21F2N3O3.ClH/c17-11-2-1-3-12(18)13(11)15(22)20-6-7-21-16(23)14(19)10-4-8-24-9-5-10;/h1-3,10,14H,4-9,19H2,(H,20,22)(H,21,23);1H. The lowest BCUT2D eigenvalue weighted by atomic mass is 9.92. The van der Waals surface area contributed by atoms with E-state index in [4.69, 9.17) is 10.5 Å². The van der Waals surface area contributed by atoms with E-state index in [0.717, 1.165) is 25.0 Å². The molecule has 1 atom stereocenters. The third kappa shape index (κ3) is 5.91. The molecule has 1 saturated heterocycles. The molecule has 25 heavy (non-hydrogen) atoms. The van der Waals surface area contributed by atoms with Gasteiger partial charge in [0.25, 0.3) is 5.91 Å². The molecule has 1 aliphatic heterocycles. The van der Waals surface area contributed by atoms with Gasteiger partial charge in [-0.25, -0.2) is 8.78 Å². The van der Waals surface area contributed by atoms with Crippen LogP contribution in [-0.4, -0.2) is 44.2 Å². The summed E-state index contributed by atoms with van der Waals surface area (Å²) in [4.78, 5) is 23.7. The Morgan fingerprint density at radius 1 is 1.16 bits per heavy atom. The summed E-state index contributed by atoms with van der Waals surface area (Å²) in [6.07, 6.45) is 1.47. The minimum absolute atomic E-state index is 0. The number of carbonyl (C=O) groups is 2. The SMILES string of the molecule is Cl.NC(C(=O)NCCNC(=O)c1c(F)cccc1F)C1CCOCC1. The number of halogens is 3. The van der Waals surface area contributed by atoms with Gasteiger partial charge in [0.1, 0.15) is 17.2 Å². The fourth-order valence-electron chi connectivity index (χ4n) is 2.57. The lowest BCUT2D eigenvalue weighted by Gasteiger charge is -2.26. The molecule has 6 nitrogen and oxygen atoms in total. The van der Waals surface area contributed by atoms with Gasteiger partial charge >= 0.3 is 0 Å². The quantitative estimate of drug-likeness (QED) is 0.644. The van der Waals surface area contributed by atoms with E-state index in [0.29, 0.717) is 13.2 Å². The minimum Gasteiger partial charge on any atom is -0.381 e. The van der Waals surface area contributed by atoms with Gasteiger partial charge in [0.05, 0.1) is 6.04 Å². The summed E-state index contributed by atoms with van der Waals surface area (Å²) in [6.45, 7) is 1.35. The maximum atomic E-state index is 13.5. The van der Waals surface area contributed by atoms with Crippen LogP contribution in [0.3, 0.4) is 0 Å². The molecule has 9 heteroatoms. The molecule has 1 aromatic carbocycles. The van der Waals surface area contributed by atoms with Crippen LogP contribution >= 0.6 is 12.4 Å². The summed E-state index contributed by atoms with van der Waals surface area (Å²) in [5.74, 6) is -2.97. The van der Waals surface area contributed by atoms with Gasteiger partial charge in [0, 0.05) is 26.3 Å². The van der Waals surface area contributed by atoms with Gasteiger partial charge in [-0.2, -0.15) is 0 Å². The maximum Gasteiger partial charge on any atom is 0.257 e. The van der Waals surface area contributed by atoms with E-state index in [1.165, 1.54) is 6.07 Å². The third-order valence-corrected chi connectivity index (χ3v) is 3.98. The second-order valence-corrected chi connectivity index (χ2v) is 5.62. The molecule has 0 aliphatic carbocycles. The van der Waals surface area contributed by atoms with Crippen LogP contribution < -0.4 is 16.4 Å². The van der Waals surface area contributed by atoms with Crippen molar-refractivity contribution >= 4 is 24.2 Å². The molecule has 140 valence electrons. The Bertz CT molecular complexity index is 578. The molecule has 2 amide bonds. The lowest BCUT2D eigenvalue weighted by molar-refractivity contribution is -0.124. The summed E-state index contributed by atoms with van der Waals surface area (Å²) in [7, 11) is 0. The fraction of sp³-hybridized carbons (Fsp3) is 0.500. The topological polar surface area (TPSA) is 93.5 Å². The van der Waals surface area contributed by atoms with Crippen LogP contribution in [0.1, 0.15) is 23.2 Å². The fourth-order valence-corrected chi connectivity index (χ4v) is 2.57. The first-order valence-electron chi connectivity index (χ1n) is 7.84. The van der Waals surface area contributed by atoms with Crippen molar-refractivity contribution in [2.24, 2.45) is 11.7 Å². The van der Waals surface area contributed by atoms with Crippen LogP contribution in [0.5, 0.6) is 0 Å². The van der Waals surface area contributed by atoms with Crippen molar-refractivity contribution in [3.05, 3.63) is 35.4 Å². The number of ether oxygens (including phenoxy) is 1. The number of amides is 2. The van der Waals surface area contributed by atoms with Gasteiger partial charge in [-0.15, -0.1) is 12.4 Å². The molecule has 0 bridgehead atoms. The largest absolute Gasteiger partial charge is 0.381 e. The molecule has 0 radical (unpaired) electrons. The molecule has 1 aliphatic rings. The first-order valence-corrected chi connectivity index (χ1v) is 7.84. The number of nitrogens with one attached hydrogen (secondary N) is 2. The van der Waals surface area contributed by atoms with Crippen molar-refractivity contribution in [1.82, 2.24) is 10.6 Å². The van der Waals surface area contributed by atoms with Crippen molar-refractivity contribution < 1.29 is 23.1 Å². The van der Waals surface area contributed by atoms with E-state index >= 15 is 0 Å². The highest BCUT2D eigenvalue weighted by Crippen LogP contribution is 2.17. The zero-order chi connectivity index (χ0) is 17.5. The highest BCUT2D eigenvalue weighted by atomic mass is 35.5. The van der Waals surface area contributed by atoms with Crippen molar-refractivity contribution in [3.8, 4) is 0 Å². The van der Waals surface area contributed by atoms with Crippen LogP contribution in [0.4, 0.5) is 8.78 Å². The molecular weight excluding hydrogens is 356 g/mol. The molecule has 0 aromatic heterocycles. The first-order chi connectivity index (χ1) is 11.5. The van der Waals surface area contributed by atoms with Crippen LogP contribution in [0, 0.1) is 17.6 Å². The number of nitrogens with two attached hydrogens (primary N) is 1. The van der Waals surface area contributed by atoms with Crippen molar-refractivity contribution in [2.45, 2.75) is 18.9 Å². The Labute approximate surface area is 150 Å². The zero-order valence-electron chi connectivity index (χ0n) is 13.6. The summed E-state index contributed by atoms with van der Waals surface area (Å²) < 4.78 is 32.1. The number of benzene rings is 1. The van der Waals surface area contributed by atoms with E-state index in [1.54, 1.807) is 0 Å². The molecule has 4 N–H and O–H groups in total. The lowest BCUT2D eigenvalue weighted by Crippen LogP contribution is -2.48. The molecule has 1 aromatic rings. The van der Waals surface area contributed by atoms with E-state index in [1.807, 2.05) is 0 Å². The highest BCUT2D eigenvalue weighted by molar-refractivity contribution is 5.94. The van der Waals surface area contributed by atoms with E-state index in [2.05, 4.69) is 10.6 Å². The molecule has 2 rings (SSSR count). The van der Waals surface area contributed by atoms with Gasteiger partial charge in [0.15, 0.2) is 0 Å². The van der Waals surface area contributed by atoms with Gasteiger partial charge in [-0.3, -0.25) is 9.59 Å². The van der Waals surface area contributed by atoms with Crippen molar-refractivity contribution in [3.63, 3.8) is 0 Å². The Kier molecular flexibility index (Phi) is 8.74. The summed E-state index contributed by atoms with van der Waals surface area (Å²) >= 11 is 0. The monoisotopic (exact) mass is 377 g/mol. The zero-order valence-corrected chi connectivity index (χ0v) is 14.4. The Morgan fingerprint density at radius 3 is 2.32 bits per heavy atom. The molecule has 0 spiro atoms. The number of carbonyl (C=O) groups excluding carboxylic acids is 2. The number of hydrogen-bond acceptors (Lipinski definition) is 4. The highest BCUT2D eigenvalue weighted by Gasteiger charge is 2.26. The van der Waals surface area contributed by atoms with Gasteiger partial charge in [0.2, 0.25) is 5.91 Å². The Balaban J connectivity index is 0.00000312. The summed E-state index contributed by atoms with van der Waals surface area (Å²) in [5, 5.41) is 4.97. The van der Waals surface area contributed by atoms with Crippen LogP contribution in [-0.2, 0) is 9.53 Å². The van der Waals surface area contributed by atoms with Gasteiger partial charge in [-0.1, -0.05) is 6.07 Å². The molecule has 1 unspecified atom stereocenters. The molecule has 1 heterocycles. The van der Waals surface area contributed by atoms with Crippen molar-refractivity contribution in [2.75, 3.05) is 26.3 Å². The number of rotatable bonds is 6. The second kappa shape index (κ2) is 10.3. The molecular formula is C16H22ClF2N3O3. The molecule has 1 fully saturated rings. The van der Waals surface area contributed by atoms with E-state index in [9.17, 15) is 18.4 Å². The maximum absolute atomic E-state index is 13.5. The molecule has 0 saturated carbocycles.